The topological polar surface area (TPSA) is 62.5 Å². The first-order valence-electron chi connectivity index (χ1n) is 10.3. The molecule has 0 fully saturated rings. The number of carbonyl (C=O) groups is 1. The number of hydrogen-bond acceptors (Lipinski definition) is 6. The van der Waals surface area contributed by atoms with E-state index in [0.29, 0.717) is 45.8 Å². The third-order valence-corrected chi connectivity index (χ3v) is 6.90. The predicted molar refractivity (Wildman–Crippen MR) is 131 cm³/mol. The number of hydrogen-bond donors (Lipinski definition) is 0. The first-order chi connectivity index (χ1) is 15.3. The summed E-state index contributed by atoms with van der Waals surface area (Å²) in [5.74, 6) is 0.252. The summed E-state index contributed by atoms with van der Waals surface area (Å²) in [4.78, 5) is 22.5. The van der Waals surface area contributed by atoms with Crippen LogP contribution in [0.5, 0.6) is 0 Å². The number of aromatic nitrogens is 2. The summed E-state index contributed by atoms with van der Waals surface area (Å²) >= 11 is 7.92. The molecule has 0 saturated carbocycles. The van der Waals surface area contributed by atoms with E-state index in [1.807, 2.05) is 37.2 Å². The Labute approximate surface area is 196 Å². The quantitative estimate of drug-likeness (QED) is 0.361. The Hall–Kier alpha value is -2.74. The molecule has 1 amide bonds. The van der Waals surface area contributed by atoms with Crippen LogP contribution in [-0.4, -0.2) is 48.1 Å². The molecule has 4 rings (SSSR count). The normalized spacial score (nSPS) is 11.5. The summed E-state index contributed by atoms with van der Waals surface area (Å²) < 4.78 is 6.50. The molecule has 2 aromatic carbocycles. The van der Waals surface area contributed by atoms with Crippen molar-refractivity contribution in [3.05, 3.63) is 63.9 Å². The molecule has 4 aromatic rings. The van der Waals surface area contributed by atoms with E-state index < -0.39 is 0 Å². The molecule has 0 aliphatic carbocycles. The summed E-state index contributed by atoms with van der Waals surface area (Å²) in [7, 11) is 3.96. The van der Waals surface area contributed by atoms with Gasteiger partial charge >= 0.3 is 0 Å². The Bertz CT molecular complexity index is 1290. The second kappa shape index (κ2) is 9.02. The standard InChI is InChI=1S/C24H25ClN4O2S/c1-14-10-11-19-21(15(14)2)26-24(32-19)29(13-12-28(4)5)23(30)20-16(3)31-27-22(20)17-8-6-7-9-18(17)25/h6-11H,12-13H2,1-5H3. The van der Waals surface area contributed by atoms with Crippen molar-refractivity contribution in [1.82, 2.24) is 15.0 Å². The number of halogens is 1. The number of anilines is 1. The molecule has 0 saturated heterocycles. The van der Waals surface area contributed by atoms with Gasteiger partial charge in [0.1, 0.15) is 17.0 Å². The van der Waals surface area contributed by atoms with Crippen molar-refractivity contribution in [2.75, 3.05) is 32.1 Å². The molecule has 0 bridgehead atoms. The summed E-state index contributed by atoms with van der Waals surface area (Å²) in [6.45, 7) is 7.05. The molecule has 0 aliphatic heterocycles. The highest BCUT2D eigenvalue weighted by molar-refractivity contribution is 7.22. The van der Waals surface area contributed by atoms with Crippen LogP contribution in [0.2, 0.25) is 5.02 Å². The average Bonchev–Trinajstić information content (AvgIpc) is 3.35. The van der Waals surface area contributed by atoms with E-state index in [9.17, 15) is 4.79 Å². The third kappa shape index (κ3) is 4.16. The summed E-state index contributed by atoms with van der Waals surface area (Å²) in [6, 6.07) is 11.5. The van der Waals surface area contributed by atoms with E-state index in [2.05, 4.69) is 31.1 Å². The highest BCUT2D eigenvalue weighted by Gasteiger charge is 2.29. The molecule has 166 valence electrons. The number of likely N-dealkylation sites (N-methyl/N-ethyl adjacent to an activating group) is 1. The molecule has 0 spiro atoms. The smallest absolute Gasteiger partial charge is 0.266 e. The van der Waals surface area contributed by atoms with Gasteiger partial charge in [0.2, 0.25) is 0 Å². The van der Waals surface area contributed by atoms with E-state index in [0.717, 1.165) is 15.8 Å². The maximum atomic E-state index is 13.9. The first kappa shape index (κ1) is 22.5. The van der Waals surface area contributed by atoms with E-state index in [1.54, 1.807) is 17.9 Å². The van der Waals surface area contributed by atoms with Gasteiger partial charge in [-0.2, -0.15) is 0 Å². The first-order valence-corrected chi connectivity index (χ1v) is 11.5. The zero-order chi connectivity index (χ0) is 23.0. The zero-order valence-electron chi connectivity index (χ0n) is 18.8. The Kier molecular flexibility index (Phi) is 6.33. The number of benzene rings is 2. The second-order valence-electron chi connectivity index (χ2n) is 8.05. The lowest BCUT2D eigenvalue weighted by Gasteiger charge is -2.22. The molecule has 0 aliphatic rings. The lowest BCUT2D eigenvalue weighted by atomic mass is 10.1. The van der Waals surface area contributed by atoms with Crippen LogP contribution in [-0.2, 0) is 0 Å². The number of aryl methyl sites for hydroxylation is 3. The molecule has 0 N–H and O–H groups in total. The van der Waals surface area contributed by atoms with Crippen LogP contribution in [0.3, 0.4) is 0 Å². The Morgan fingerprint density at radius 2 is 1.84 bits per heavy atom. The molecular formula is C24H25ClN4O2S. The van der Waals surface area contributed by atoms with Crippen LogP contribution < -0.4 is 4.90 Å². The van der Waals surface area contributed by atoms with Gasteiger partial charge in [-0.1, -0.05) is 52.4 Å². The monoisotopic (exact) mass is 468 g/mol. The SMILES string of the molecule is Cc1ccc2sc(N(CCN(C)C)C(=O)c3c(-c4ccccc4Cl)noc3C)nc2c1C. The average molecular weight is 469 g/mol. The van der Waals surface area contributed by atoms with Gasteiger partial charge in [-0.05, 0) is 58.1 Å². The fraction of sp³-hybridized carbons (Fsp3) is 0.292. The molecule has 8 heteroatoms. The van der Waals surface area contributed by atoms with Crippen molar-refractivity contribution in [2.24, 2.45) is 0 Å². The van der Waals surface area contributed by atoms with E-state index in [-0.39, 0.29) is 5.91 Å². The number of rotatable bonds is 6. The van der Waals surface area contributed by atoms with Gasteiger partial charge in [-0.3, -0.25) is 9.69 Å². The lowest BCUT2D eigenvalue weighted by Crippen LogP contribution is -2.37. The second-order valence-corrected chi connectivity index (χ2v) is 9.47. The van der Waals surface area contributed by atoms with Gasteiger partial charge in [0.25, 0.3) is 5.91 Å². The Balaban J connectivity index is 1.82. The van der Waals surface area contributed by atoms with Crippen LogP contribution >= 0.6 is 22.9 Å². The molecule has 0 atom stereocenters. The van der Waals surface area contributed by atoms with Crippen molar-refractivity contribution < 1.29 is 9.32 Å². The molecule has 0 radical (unpaired) electrons. The number of thiazole rings is 1. The van der Waals surface area contributed by atoms with E-state index >= 15 is 0 Å². The van der Waals surface area contributed by atoms with Gasteiger partial charge in [-0.25, -0.2) is 4.98 Å². The number of carbonyl (C=O) groups excluding carboxylic acids is 1. The molecule has 6 nitrogen and oxygen atoms in total. The van der Waals surface area contributed by atoms with Crippen molar-refractivity contribution >= 4 is 44.2 Å². The maximum absolute atomic E-state index is 13.9. The minimum atomic E-state index is -0.200. The van der Waals surface area contributed by atoms with Crippen molar-refractivity contribution in [2.45, 2.75) is 20.8 Å². The number of fused-ring (bicyclic) bond motifs is 1. The van der Waals surface area contributed by atoms with Gasteiger partial charge in [0.05, 0.1) is 15.2 Å². The van der Waals surface area contributed by atoms with Crippen LogP contribution in [0.4, 0.5) is 5.13 Å². The van der Waals surface area contributed by atoms with Crippen molar-refractivity contribution in [3.8, 4) is 11.3 Å². The molecule has 2 heterocycles. The van der Waals surface area contributed by atoms with E-state index in [1.165, 1.54) is 16.9 Å². The van der Waals surface area contributed by atoms with Crippen molar-refractivity contribution in [1.29, 1.82) is 0 Å². The zero-order valence-corrected chi connectivity index (χ0v) is 20.3. The maximum Gasteiger partial charge on any atom is 0.266 e. The highest BCUT2D eigenvalue weighted by Crippen LogP contribution is 2.35. The fourth-order valence-corrected chi connectivity index (χ4v) is 4.78. The Morgan fingerprint density at radius 3 is 2.56 bits per heavy atom. The Morgan fingerprint density at radius 1 is 1.09 bits per heavy atom. The summed E-state index contributed by atoms with van der Waals surface area (Å²) in [6.07, 6.45) is 0. The number of amides is 1. The minimum Gasteiger partial charge on any atom is -0.360 e. The lowest BCUT2D eigenvalue weighted by molar-refractivity contribution is 0.0984. The van der Waals surface area contributed by atoms with Crippen LogP contribution in [0.15, 0.2) is 40.9 Å². The fourth-order valence-electron chi connectivity index (χ4n) is 3.51. The molecular weight excluding hydrogens is 444 g/mol. The van der Waals surface area contributed by atoms with Crippen LogP contribution in [0, 0.1) is 20.8 Å². The molecule has 32 heavy (non-hydrogen) atoms. The third-order valence-electron chi connectivity index (χ3n) is 5.53. The largest absolute Gasteiger partial charge is 0.360 e. The van der Waals surface area contributed by atoms with Crippen molar-refractivity contribution in [3.63, 3.8) is 0 Å². The van der Waals surface area contributed by atoms with E-state index in [4.69, 9.17) is 21.1 Å². The minimum absolute atomic E-state index is 0.200. The summed E-state index contributed by atoms with van der Waals surface area (Å²) in [5, 5.41) is 5.35. The van der Waals surface area contributed by atoms with Crippen LogP contribution in [0.1, 0.15) is 27.2 Å². The highest BCUT2D eigenvalue weighted by atomic mass is 35.5. The predicted octanol–water partition coefficient (Wildman–Crippen LogP) is 5.74. The molecule has 0 unspecified atom stereocenters. The van der Waals surface area contributed by atoms with Gasteiger partial charge in [0, 0.05) is 18.7 Å². The summed E-state index contributed by atoms with van der Waals surface area (Å²) in [5.41, 5.74) is 4.75. The van der Waals surface area contributed by atoms with Gasteiger partial charge in [0.15, 0.2) is 5.13 Å². The van der Waals surface area contributed by atoms with Gasteiger partial charge < -0.3 is 9.42 Å². The number of nitrogens with zero attached hydrogens (tertiary/aromatic N) is 4. The van der Waals surface area contributed by atoms with Crippen LogP contribution in [0.25, 0.3) is 21.5 Å². The van der Waals surface area contributed by atoms with Gasteiger partial charge in [-0.15, -0.1) is 0 Å². The molecule has 2 aromatic heterocycles.